The molecular weight excluding hydrogens is 577 g/mol. The van der Waals surface area contributed by atoms with Crippen LogP contribution >= 0.6 is 7.82 Å². The fourth-order valence-corrected chi connectivity index (χ4v) is 5.49. The number of imidazole rings is 1. The van der Waals surface area contributed by atoms with Crippen LogP contribution in [0.25, 0.3) is 21.9 Å². The number of carbonyl (C=O) groups is 2. The van der Waals surface area contributed by atoms with Crippen LogP contribution in [-0.4, -0.2) is 65.9 Å². The Morgan fingerprint density at radius 3 is 2.51 bits per heavy atom. The summed E-state index contributed by atoms with van der Waals surface area (Å²) in [5, 5.41) is 11.1. The van der Waals surface area contributed by atoms with E-state index in [2.05, 4.69) is 11.9 Å². The zero-order valence-electron chi connectivity index (χ0n) is 23.5. The molecule has 3 heterocycles. The Kier molecular flexibility index (Phi) is 8.79. The molecule has 0 saturated heterocycles. The molecule has 0 aliphatic carbocycles. The van der Waals surface area contributed by atoms with Gasteiger partial charge in [-0.3, -0.25) is 24.3 Å². The average molecular weight is 610 g/mol. The molecule has 13 nitrogen and oxygen atoms in total. The molecule has 0 unspecified atom stereocenters. The van der Waals surface area contributed by atoms with E-state index in [-0.39, 0.29) is 43.1 Å². The highest BCUT2D eigenvalue weighted by molar-refractivity contribution is 7.46. The van der Waals surface area contributed by atoms with Gasteiger partial charge in [0.25, 0.3) is 11.8 Å². The maximum atomic E-state index is 11.7. The minimum atomic E-state index is -4.95. The van der Waals surface area contributed by atoms with E-state index in [1.807, 2.05) is 22.8 Å². The van der Waals surface area contributed by atoms with Gasteiger partial charge in [0.1, 0.15) is 11.3 Å². The van der Waals surface area contributed by atoms with Gasteiger partial charge in [-0.05, 0) is 30.5 Å². The van der Waals surface area contributed by atoms with E-state index in [0.29, 0.717) is 47.4 Å². The SMILES string of the molecule is CCCCc1nc2c(N)nc3cc(CCOCCN4C(=O)C=CC4=O)ccc3c2n1Cc1cccc(O)c1OP(=O)(O)O. The van der Waals surface area contributed by atoms with Gasteiger partial charge in [0.05, 0.1) is 37.3 Å². The van der Waals surface area contributed by atoms with Crippen molar-refractivity contribution in [1.29, 1.82) is 0 Å². The third-order valence-corrected chi connectivity index (χ3v) is 7.53. The Morgan fingerprint density at radius 2 is 1.79 bits per heavy atom. The van der Waals surface area contributed by atoms with Crippen LogP contribution in [0.5, 0.6) is 11.5 Å². The highest BCUT2D eigenvalue weighted by atomic mass is 31.2. The maximum Gasteiger partial charge on any atom is 0.524 e. The molecule has 14 heteroatoms. The number of hydrogen-bond acceptors (Lipinski definition) is 9. The van der Waals surface area contributed by atoms with Crippen molar-refractivity contribution in [2.75, 3.05) is 25.5 Å². The molecule has 43 heavy (non-hydrogen) atoms. The molecule has 0 bridgehead atoms. The zero-order valence-corrected chi connectivity index (χ0v) is 24.4. The number of para-hydroxylation sites is 1. The van der Waals surface area contributed by atoms with Crippen molar-refractivity contribution < 1.29 is 38.3 Å². The van der Waals surface area contributed by atoms with E-state index < -0.39 is 13.6 Å². The summed E-state index contributed by atoms with van der Waals surface area (Å²) in [6.45, 7) is 2.94. The summed E-state index contributed by atoms with van der Waals surface area (Å²) in [4.78, 5) is 52.8. The summed E-state index contributed by atoms with van der Waals surface area (Å²) in [5.74, 6) is -0.430. The number of unbranched alkanes of at least 4 members (excludes halogenated alkanes) is 1. The highest BCUT2D eigenvalue weighted by Gasteiger charge is 2.24. The smallest absolute Gasteiger partial charge is 0.504 e. The van der Waals surface area contributed by atoms with Crippen molar-refractivity contribution in [2.24, 2.45) is 0 Å². The topological polar surface area (TPSA) is 190 Å². The Bertz CT molecular complexity index is 1760. The number of nitrogens with zero attached hydrogens (tertiary/aromatic N) is 4. The van der Waals surface area contributed by atoms with Crippen molar-refractivity contribution >= 4 is 47.4 Å². The Labute approximate surface area is 246 Å². The quantitative estimate of drug-likeness (QED) is 0.0989. The molecule has 5 rings (SSSR count). The number of phosphoric ester groups is 1. The van der Waals surface area contributed by atoms with E-state index in [0.717, 1.165) is 28.7 Å². The third-order valence-electron chi connectivity index (χ3n) is 7.11. The fraction of sp³-hybridized carbons (Fsp3) is 0.310. The number of fused-ring (bicyclic) bond motifs is 3. The summed E-state index contributed by atoms with van der Waals surface area (Å²) in [6, 6.07) is 10.3. The zero-order chi connectivity index (χ0) is 30.7. The van der Waals surface area contributed by atoms with E-state index >= 15 is 0 Å². The molecule has 0 saturated carbocycles. The van der Waals surface area contributed by atoms with Gasteiger partial charge >= 0.3 is 7.82 Å². The molecule has 2 aromatic carbocycles. The number of aromatic hydroxyl groups is 1. The number of aromatic nitrogens is 3. The van der Waals surface area contributed by atoms with Gasteiger partial charge in [-0.1, -0.05) is 37.6 Å². The lowest BCUT2D eigenvalue weighted by molar-refractivity contribution is -0.137. The number of benzene rings is 2. The standard InChI is InChI=1S/C29H32N5O8P/c1-2-3-7-23-32-26-27(34(23)17-19-5-4-6-22(35)28(19)42-43(38,39)40)20-9-8-18(16-21(20)31-29(26)30)12-14-41-15-13-33-24(36)10-11-25(33)37/h4-6,8-11,16,35H,2-3,7,12-15,17H2,1H3,(H2,30,31)(H2,38,39,40). The molecule has 0 radical (unpaired) electrons. The number of hydrogen-bond donors (Lipinski definition) is 4. The number of phenolic OH excluding ortho intramolecular Hbond substituents is 1. The number of nitrogen functional groups attached to an aromatic ring is 1. The predicted molar refractivity (Wildman–Crippen MR) is 158 cm³/mol. The number of ether oxygens (including phenoxy) is 1. The summed E-state index contributed by atoms with van der Waals surface area (Å²) in [6.07, 6.45) is 5.43. The number of phenols is 1. The van der Waals surface area contributed by atoms with Crippen LogP contribution in [0.2, 0.25) is 0 Å². The molecule has 0 fully saturated rings. The van der Waals surface area contributed by atoms with Crippen molar-refractivity contribution in [3.8, 4) is 11.5 Å². The second-order valence-electron chi connectivity index (χ2n) is 10.1. The first kappa shape index (κ1) is 30.2. The first-order valence-electron chi connectivity index (χ1n) is 13.8. The number of amides is 2. The van der Waals surface area contributed by atoms with Crippen LogP contribution in [0.1, 0.15) is 36.7 Å². The first-order valence-corrected chi connectivity index (χ1v) is 15.3. The molecule has 0 atom stereocenters. The number of anilines is 1. The van der Waals surface area contributed by atoms with E-state index in [4.69, 9.17) is 20.0 Å². The minimum absolute atomic E-state index is 0.102. The number of aryl methyl sites for hydroxylation is 1. The van der Waals surface area contributed by atoms with Gasteiger partial charge in [-0.2, -0.15) is 0 Å². The lowest BCUT2D eigenvalue weighted by Gasteiger charge is -2.16. The molecule has 4 aromatic rings. The first-order chi connectivity index (χ1) is 20.6. The van der Waals surface area contributed by atoms with Crippen molar-refractivity contribution in [2.45, 2.75) is 39.2 Å². The van der Waals surface area contributed by atoms with Crippen LogP contribution in [0, 0.1) is 0 Å². The summed E-state index contributed by atoms with van der Waals surface area (Å²) < 4.78 is 24.1. The highest BCUT2D eigenvalue weighted by Crippen LogP contribution is 2.44. The molecule has 226 valence electrons. The lowest BCUT2D eigenvalue weighted by Crippen LogP contribution is -2.33. The lowest BCUT2D eigenvalue weighted by atomic mass is 10.1. The van der Waals surface area contributed by atoms with E-state index in [9.17, 15) is 29.0 Å². The number of pyridine rings is 1. The van der Waals surface area contributed by atoms with Gasteiger partial charge in [0, 0.05) is 29.5 Å². The second-order valence-corrected chi connectivity index (χ2v) is 11.3. The van der Waals surface area contributed by atoms with Gasteiger partial charge in [-0.15, -0.1) is 0 Å². The normalized spacial score (nSPS) is 13.6. The monoisotopic (exact) mass is 609 g/mol. The summed E-state index contributed by atoms with van der Waals surface area (Å²) in [7, 11) is -4.95. The van der Waals surface area contributed by atoms with Gasteiger partial charge in [-0.25, -0.2) is 14.5 Å². The Balaban J connectivity index is 1.44. The van der Waals surface area contributed by atoms with Gasteiger partial charge in [0.2, 0.25) is 0 Å². The fourth-order valence-electron chi connectivity index (χ4n) is 5.04. The molecule has 2 amide bonds. The minimum Gasteiger partial charge on any atom is -0.504 e. The number of imide groups is 1. The van der Waals surface area contributed by atoms with Crippen LogP contribution in [0.4, 0.5) is 5.82 Å². The number of nitrogens with two attached hydrogens (primary N) is 1. The Morgan fingerprint density at radius 1 is 1.02 bits per heavy atom. The predicted octanol–water partition coefficient (Wildman–Crippen LogP) is 3.22. The van der Waals surface area contributed by atoms with Crippen LogP contribution in [-0.2, 0) is 38.3 Å². The second kappa shape index (κ2) is 12.5. The molecule has 1 aliphatic heterocycles. The van der Waals surface area contributed by atoms with Crippen LogP contribution in [0.3, 0.4) is 0 Å². The number of phosphoric acid groups is 1. The summed E-state index contributed by atoms with van der Waals surface area (Å²) in [5.41, 5.74) is 9.53. The molecule has 0 spiro atoms. The summed E-state index contributed by atoms with van der Waals surface area (Å²) >= 11 is 0. The van der Waals surface area contributed by atoms with Crippen molar-refractivity contribution in [3.05, 3.63) is 65.5 Å². The van der Waals surface area contributed by atoms with Crippen molar-refractivity contribution in [3.63, 3.8) is 0 Å². The maximum absolute atomic E-state index is 11.7. The van der Waals surface area contributed by atoms with Crippen molar-refractivity contribution in [1.82, 2.24) is 19.4 Å². The van der Waals surface area contributed by atoms with Crippen LogP contribution in [0.15, 0.2) is 48.6 Å². The molecule has 5 N–H and O–H groups in total. The van der Waals surface area contributed by atoms with E-state index in [1.54, 1.807) is 12.1 Å². The van der Waals surface area contributed by atoms with Gasteiger partial charge in [0.15, 0.2) is 17.3 Å². The Hall–Kier alpha value is -4.29. The largest absolute Gasteiger partial charge is 0.524 e. The van der Waals surface area contributed by atoms with Crippen LogP contribution < -0.4 is 10.3 Å². The number of carbonyl (C=O) groups excluding carboxylic acids is 2. The molecular formula is C29H32N5O8P. The number of rotatable bonds is 13. The van der Waals surface area contributed by atoms with Gasteiger partial charge < -0.3 is 24.7 Å². The molecule has 1 aliphatic rings. The molecule has 2 aromatic heterocycles. The van der Waals surface area contributed by atoms with E-state index in [1.165, 1.54) is 18.2 Å². The average Bonchev–Trinajstić information content (AvgIpc) is 3.48. The third kappa shape index (κ3) is 6.70.